The van der Waals surface area contributed by atoms with Crippen molar-refractivity contribution in [3.05, 3.63) is 22.4 Å². The summed E-state index contributed by atoms with van der Waals surface area (Å²) in [5.74, 6) is 0. The molecule has 1 aromatic rings. The van der Waals surface area contributed by atoms with Gasteiger partial charge in [-0.2, -0.15) is 11.3 Å². The summed E-state index contributed by atoms with van der Waals surface area (Å²) in [6.07, 6.45) is 3.94. The third kappa shape index (κ3) is 3.30. The second kappa shape index (κ2) is 6.38. The molecule has 2 heterocycles. The Labute approximate surface area is 103 Å². The maximum Gasteiger partial charge on any atom is 0.0245 e. The summed E-state index contributed by atoms with van der Waals surface area (Å²) >= 11 is 1.80. The Kier molecular flexibility index (Phi) is 4.82. The molecule has 0 radical (unpaired) electrons. The van der Waals surface area contributed by atoms with Gasteiger partial charge in [0.05, 0.1) is 0 Å². The van der Waals surface area contributed by atoms with E-state index in [9.17, 15) is 0 Å². The smallest absolute Gasteiger partial charge is 0.0245 e. The van der Waals surface area contributed by atoms with Crippen molar-refractivity contribution >= 4 is 11.3 Å². The fraction of sp³-hybridized carbons (Fsp3) is 0.692. The van der Waals surface area contributed by atoms with Crippen LogP contribution < -0.4 is 5.32 Å². The van der Waals surface area contributed by atoms with Crippen LogP contribution in [0.4, 0.5) is 0 Å². The molecule has 1 aliphatic rings. The second-order valence-corrected chi connectivity index (χ2v) is 5.38. The van der Waals surface area contributed by atoms with E-state index in [2.05, 4.69) is 34.0 Å². The first-order valence-electron chi connectivity index (χ1n) is 6.36. The van der Waals surface area contributed by atoms with E-state index >= 15 is 0 Å². The molecule has 0 aromatic carbocycles. The van der Waals surface area contributed by atoms with E-state index in [1.165, 1.54) is 44.5 Å². The lowest BCUT2D eigenvalue weighted by Gasteiger charge is -2.34. The molecule has 0 aliphatic carbocycles. The van der Waals surface area contributed by atoms with Gasteiger partial charge in [0, 0.05) is 19.1 Å². The van der Waals surface area contributed by atoms with Gasteiger partial charge in [-0.3, -0.25) is 4.90 Å². The molecular formula is C13H22N2S. The normalized spacial score (nSPS) is 21.5. The number of nitrogens with one attached hydrogen (secondary N) is 1. The van der Waals surface area contributed by atoms with Crippen LogP contribution in [0, 0.1) is 0 Å². The van der Waals surface area contributed by atoms with Crippen LogP contribution in [0.2, 0.25) is 0 Å². The molecule has 90 valence electrons. The number of hydrogen-bond acceptors (Lipinski definition) is 3. The zero-order valence-corrected chi connectivity index (χ0v) is 10.9. The van der Waals surface area contributed by atoms with E-state index in [0.717, 1.165) is 12.6 Å². The lowest BCUT2D eigenvalue weighted by molar-refractivity contribution is 0.158. The highest BCUT2D eigenvalue weighted by atomic mass is 32.1. The lowest BCUT2D eigenvalue weighted by atomic mass is 10.0. The summed E-state index contributed by atoms with van der Waals surface area (Å²) in [5.41, 5.74) is 1.48. The molecule has 2 rings (SSSR count). The highest BCUT2D eigenvalue weighted by molar-refractivity contribution is 7.07. The van der Waals surface area contributed by atoms with E-state index in [0.29, 0.717) is 0 Å². The number of hydrogen-bond donors (Lipinski definition) is 1. The van der Waals surface area contributed by atoms with Gasteiger partial charge >= 0.3 is 0 Å². The summed E-state index contributed by atoms with van der Waals surface area (Å²) < 4.78 is 0. The van der Waals surface area contributed by atoms with Crippen LogP contribution in [0.25, 0.3) is 0 Å². The van der Waals surface area contributed by atoms with Crippen LogP contribution in [0.5, 0.6) is 0 Å². The van der Waals surface area contributed by atoms with Crippen molar-refractivity contribution in [1.82, 2.24) is 10.2 Å². The first-order chi connectivity index (χ1) is 7.90. The van der Waals surface area contributed by atoms with Gasteiger partial charge in [0.1, 0.15) is 0 Å². The molecule has 0 bridgehead atoms. The Hall–Kier alpha value is -0.380. The van der Waals surface area contributed by atoms with Gasteiger partial charge in [-0.15, -0.1) is 0 Å². The number of thiophene rings is 1. The molecule has 1 N–H and O–H groups in total. The third-order valence-electron chi connectivity index (χ3n) is 3.26. The topological polar surface area (TPSA) is 15.3 Å². The summed E-state index contributed by atoms with van der Waals surface area (Å²) in [5, 5.41) is 7.97. The molecule has 1 aliphatic heterocycles. The maximum absolute atomic E-state index is 3.51. The molecule has 2 nitrogen and oxygen atoms in total. The zero-order chi connectivity index (χ0) is 11.2. The van der Waals surface area contributed by atoms with Gasteiger partial charge in [0.25, 0.3) is 0 Å². The van der Waals surface area contributed by atoms with E-state index in [1.807, 2.05) is 0 Å². The van der Waals surface area contributed by atoms with E-state index in [4.69, 9.17) is 0 Å². The quantitative estimate of drug-likeness (QED) is 0.848. The first kappa shape index (κ1) is 12.1. The summed E-state index contributed by atoms with van der Waals surface area (Å²) in [4.78, 5) is 2.65. The molecular weight excluding hydrogens is 216 g/mol. The van der Waals surface area contributed by atoms with Crippen molar-refractivity contribution in [3.63, 3.8) is 0 Å². The summed E-state index contributed by atoms with van der Waals surface area (Å²) in [6, 6.07) is 3.00. The molecule has 0 amide bonds. The van der Waals surface area contributed by atoms with E-state index in [1.54, 1.807) is 11.3 Å². The lowest BCUT2D eigenvalue weighted by Crippen LogP contribution is -2.45. The van der Waals surface area contributed by atoms with Gasteiger partial charge in [0.2, 0.25) is 0 Å². The predicted molar refractivity (Wildman–Crippen MR) is 70.9 cm³/mol. The van der Waals surface area contributed by atoms with Gasteiger partial charge < -0.3 is 5.32 Å². The molecule has 0 spiro atoms. The molecule has 3 heteroatoms. The van der Waals surface area contributed by atoms with Crippen molar-refractivity contribution in [1.29, 1.82) is 0 Å². The van der Waals surface area contributed by atoms with Gasteiger partial charge in [-0.05, 0) is 54.7 Å². The minimum atomic E-state index is 0.744. The maximum atomic E-state index is 3.51. The van der Waals surface area contributed by atoms with Gasteiger partial charge in [0.15, 0.2) is 0 Å². The summed E-state index contributed by atoms with van der Waals surface area (Å²) in [6.45, 7) is 7.00. The van der Waals surface area contributed by atoms with Crippen molar-refractivity contribution in [2.24, 2.45) is 0 Å². The van der Waals surface area contributed by atoms with Crippen LogP contribution in [0.15, 0.2) is 16.8 Å². The number of piperidine rings is 1. The highest BCUT2D eigenvalue weighted by Gasteiger charge is 2.20. The molecule has 1 saturated heterocycles. The van der Waals surface area contributed by atoms with Crippen molar-refractivity contribution in [2.75, 3.05) is 19.6 Å². The highest BCUT2D eigenvalue weighted by Crippen LogP contribution is 2.16. The molecule has 1 aromatic heterocycles. The standard InChI is InChI=1S/C13H22N2S/c1-2-7-15(10-12-5-8-16-11-12)13-4-3-6-14-9-13/h5,8,11,13-14H,2-4,6-7,9-10H2,1H3. The fourth-order valence-electron chi connectivity index (χ4n) is 2.44. The van der Waals surface area contributed by atoms with Crippen molar-refractivity contribution < 1.29 is 0 Å². The Morgan fingerprint density at radius 2 is 2.50 bits per heavy atom. The zero-order valence-electron chi connectivity index (χ0n) is 10.1. The number of rotatable bonds is 5. The van der Waals surface area contributed by atoms with Crippen LogP contribution in [0.3, 0.4) is 0 Å². The van der Waals surface area contributed by atoms with Crippen LogP contribution in [-0.2, 0) is 6.54 Å². The monoisotopic (exact) mass is 238 g/mol. The van der Waals surface area contributed by atoms with Crippen molar-refractivity contribution in [3.8, 4) is 0 Å². The molecule has 16 heavy (non-hydrogen) atoms. The van der Waals surface area contributed by atoms with E-state index in [-0.39, 0.29) is 0 Å². The van der Waals surface area contributed by atoms with Gasteiger partial charge in [-0.1, -0.05) is 6.92 Å². The Morgan fingerprint density at radius 1 is 1.56 bits per heavy atom. The Balaban J connectivity index is 1.92. The third-order valence-corrected chi connectivity index (χ3v) is 4.00. The minimum Gasteiger partial charge on any atom is -0.315 e. The van der Waals surface area contributed by atoms with Crippen LogP contribution in [0.1, 0.15) is 31.7 Å². The predicted octanol–water partition coefficient (Wildman–Crippen LogP) is 2.71. The minimum absolute atomic E-state index is 0.744. The fourth-order valence-corrected chi connectivity index (χ4v) is 3.10. The molecule has 0 saturated carbocycles. The first-order valence-corrected chi connectivity index (χ1v) is 7.30. The number of nitrogens with zero attached hydrogens (tertiary/aromatic N) is 1. The summed E-state index contributed by atoms with van der Waals surface area (Å²) in [7, 11) is 0. The molecule has 1 fully saturated rings. The average Bonchev–Trinajstić information content (AvgIpc) is 2.83. The average molecular weight is 238 g/mol. The van der Waals surface area contributed by atoms with Crippen molar-refractivity contribution in [2.45, 2.75) is 38.8 Å². The SMILES string of the molecule is CCCN(Cc1ccsc1)C1CCCNC1. The Morgan fingerprint density at radius 3 is 3.12 bits per heavy atom. The van der Waals surface area contributed by atoms with Gasteiger partial charge in [-0.25, -0.2) is 0 Å². The Bertz CT molecular complexity index is 278. The molecule has 1 unspecified atom stereocenters. The molecule has 1 atom stereocenters. The second-order valence-electron chi connectivity index (χ2n) is 4.60. The van der Waals surface area contributed by atoms with Crippen LogP contribution >= 0.6 is 11.3 Å². The largest absolute Gasteiger partial charge is 0.315 e. The van der Waals surface area contributed by atoms with E-state index < -0.39 is 0 Å². The van der Waals surface area contributed by atoms with Crippen LogP contribution in [-0.4, -0.2) is 30.6 Å².